The lowest BCUT2D eigenvalue weighted by molar-refractivity contribution is 0.912. The number of nitrogens with two attached hydrogens (primary N) is 1. The van der Waals surface area contributed by atoms with Gasteiger partial charge in [-0.1, -0.05) is 36.0 Å². The highest BCUT2D eigenvalue weighted by atomic mass is 35.5. The number of hydrogen-bond donors (Lipinski definition) is 1. The number of aryl methyl sites for hydroxylation is 2. The van der Waals surface area contributed by atoms with Crippen molar-refractivity contribution in [1.82, 2.24) is 4.98 Å². The molecule has 1 aromatic carbocycles. The molecule has 1 aromatic heterocycles. The van der Waals surface area contributed by atoms with Gasteiger partial charge in [-0.05, 0) is 37.6 Å². The van der Waals surface area contributed by atoms with Crippen LogP contribution in [-0.2, 0) is 6.54 Å². The van der Waals surface area contributed by atoms with Crippen molar-refractivity contribution >= 4 is 34.5 Å². The number of pyridine rings is 1. The second kappa shape index (κ2) is 6.41. The van der Waals surface area contributed by atoms with Gasteiger partial charge in [-0.15, -0.1) is 0 Å². The smallest absolute Gasteiger partial charge is 0.107 e. The van der Waals surface area contributed by atoms with Crippen LogP contribution in [-0.4, -0.2) is 17.0 Å². The number of anilines is 1. The predicted molar refractivity (Wildman–Crippen MR) is 93.2 cm³/mol. The number of benzene rings is 1. The molecular weight excluding hydrogens is 302 g/mol. The number of rotatable bonds is 4. The first-order valence-electron chi connectivity index (χ1n) is 6.62. The molecule has 3 nitrogen and oxygen atoms in total. The molecule has 0 saturated carbocycles. The number of thiocarbonyl (C=S) groups is 1. The van der Waals surface area contributed by atoms with Crippen LogP contribution >= 0.6 is 23.8 Å². The minimum atomic E-state index is 0.373. The third-order valence-electron chi connectivity index (χ3n) is 3.30. The topological polar surface area (TPSA) is 42.1 Å². The van der Waals surface area contributed by atoms with Gasteiger partial charge in [0.15, 0.2) is 0 Å². The van der Waals surface area contributed by atoms with Crippen LogP contribution in [0.2, 0.25) is 5.02 Å². The lowest BCUT2D eigenvalue weighted by Gasteiger charge is -2.23. The molecule has 0 saturated heterocycles. The largest absolute Gasteiger partial charge is 0.389 e. The zero-order chi connectivity index (χ0) is 15.6. The fourth-order valence-corrected chi connectivity index (χ4v) is 2.74. The number of halogens is 1. The zero-order valence-electron chi connectivity index (χ0n) is 12.4. The number of hydrogen-bond acceptors (Lipinski definition) is 3. The van der Waals surface area contributed by atoms with E-state index >= 15 is 0 Å². The van der Waals surface area contributed by atoms with E-state index in [0.29, 0.717) is 4.99 Å². The van der Waals surface area contributed by atoms with Crippen LogP contribution in [0.25, 0.3) is 0 Å². The van der Waals surface area contributed by atoms with Gasteiger partial charge in [0.2, 0.25) is 0 Å². The van der Waals surface area contributed by atoms with Crippen LogP contribution in [0.1, 0.15) is 22.5 Å². The molecule has 0 aliphatic rings. The highest BCUT2D eigenvalue weighted by Crippen LogP contribution is 2.24. The quantitative estimate of drug-likeness (QED) is 0.874. The fourth-order valence-electron chi connectivity index (χ4n) is 2.36. The molecular formula is C16H18ClN3S. The summed E-state index contributed by atoms with van der Waals surface area (Å²) in [5, 5.41) is 0.737. The summed E-state index contributed by atoms with van der Waals surface area (Å²) in [4.78, 5) is 6.94. The van der Waals surface area contributed by atoms with Gasteiger partial charge in [0.25, 0.3) is 0 Å². The van der Waals surface area contributed by atoms with Crippen molar-refractivity contribution in [2.24, 2.45) is 5.73 Å². The van der Waals surface area contributed by atoms with Gasteiger partial charge in [-0.2, -0.15) is 0 Å². The molecule has 0 aliphatic heterocycles. The Balaban J connectivity index is 2.36. The van der Waals surface area contributed by atoms with Crippen molar-refractivity contribution in [2.45, 2.75) is 20.4 Å². The zero-order valence-corrected chi connectivity index (χ0v) is 13.9. The van der Waals surface area contributed by atoms with E-state index in [2.05, 4.69) is 9.88 Å². The third-order valence-corrected chi connectivity index (χ3v) is 3.75. The van der Waals surface area contributed by atoms with E-state index in [1.165, 1.54) is 5.56 Å². The molecule has 5 heteroatoms. The lowest BCUT2D eigenvalue weighted by Crippen LogP contribution is -2.23. The Morgan fingerprint density at radius 1 is 1.29 bits per heavy atom. The lowest BCUT2D eigenvalue weighted by atomic mass is 10.1. The highest BCUT2D eigenvalue weighted by Gasteiger charge is 2.14. The van der Waals surface area contributed by atoms with Crippen molar-refractivity contribution in [2.75, 3.05) is 11.9 Å². The van der Waals surface area contributed by atoms with Crippen LogP contribution in [0.15, 0.2) is 30.3 Å². The maximum Gasteiger partial charge on any atom is 0.107 e. The average molecular weight is 320 g/mol. The molecule has 0 unspecified atom stereocenters. The summed E-state index contributed by atoms with van der Waals surface area (Å²) in [5.41, 5.74) is 10.7. The van der Waals surface area contributed by atoms with Gasteiger partial charge in [-0.3, -0.25) is 4.98 Å². The first-order valence-corrected chi connectivity index (χ1v) is 7.40. The molecule has 21 heavy (non-hydrogen) atoms. The van der Waals surface area contributed by atoms with Gasteiger partial charge in [0, 0.05) is 30.0 Å². The van der Waals surface area contributed by atoms with Gasteiger partial charge in [0.1, 0.15) is 4.99 Å². The standard InChI is InChI=1S/C16H18ClN3S/c1-10-8-14(15(16(18)21)11(2)19-10)20(3)9-12-4-6-13(17)7-5-12/h4-8H,9H2,1-3H3,(H2,18,21). The SMILES string of the molecule is Cc1cc(N(C)Cc2ccc(Cl)cc2)c(C(N)=S)c(C)n1. The molecule has 0 atom stereocenters. The molecule has 0 aliphatic carbocycles. The average Bonchev–Trinajstić information content (AvgIpc) is 2.39. The Kier molecular flexibility index (Phi) is 4.80. The van der Waals surface area contributed by atoms with Crippen molar-refractivity contribution in [3.63, 3.8) is 0 Å². The number of nitrogens with zero attached hydrogens (tertiary/aromatic N) is 2. The van der Waals surface area contributed by atoms with Gasteiger partial charge >= 0.3 is 0 Å². The molecule has 0 radical (unpaired) electrons. The minimum Gasteiger partial charge on any atom is -0.389 e. The van der Waals surface area contributed by atoms with Crippen LogP contribution in [0.3, 0.4) is 0 Å². The molecule has 0 bridgehead atoms. The molecule has 0 spiro atoms. The van der Waals surface area contributed by atoms with E-state index in [-0.39, 0.29) is 0 Å². The van der Waals surface area contributed by atoms with E-state index in [4.69, 9.17) is 29.6 Å². The molecule has 110 valence electrons. The van der Waals surface area contributed by atoms with E-state index in [9.17, 15) is 0 Å². The first-order chi connectivity index (χ1) is 9.88. The molecule has 1 heterocycles. The molecule has 0 amide bonds. The van der Waals surface area contributed by atoms with Crippen LogP contribution in [0, 0.1) is 13.8 Å². The Hall–Kier alpha value is -1.65. The minimum absolute atomic E-state index is 0.373. The van der Waals surface area contributed by atoms with Crippen molar-refractivity contribution in [3.8, 4) is 0 Å². The van der Waals surface area contributed by atoms with Gasteiger partial charge in [-0.25, -0.2) is 0 Å². The maximum absolute atomic E-state index is 5.92. The summed E-state index contributed by atoms with van der Waals surface area (Å²) in [6.07, 6.45) is 0. The van der Waals surface area contributed by atoms with Crippen LogP contribution in [0.5, 0.6) is 0 Å². The van der Waals surface area contributed by atoms with Gasteiger partial charge in [0.05, 0.1) is 11.3 Å². The monoisotopic (exact) mass is 319 g/mol. The van der Waals surface area contributed by atoms with Crippen LogP contribution < -0.4 is 10.6 Å². The van der Waals surface area contributed by atoms with E-state index in [0.717, 1.165) is 34.2 Å². The Morgan fingerprint density at radius 2 is 1.90 bits per heavy atom. The van der Waals surface area contributed by atoms with E-state index in [1.807, 2.05) is 51.2 Å². The second-order valence-electron chi connectivity index (χ2n) is 5.09. The number of aromatic nitrogens is 1. The summed E-state index contributed by atoms with van der Waals surface area (Å²) in [7, 11) is 2.02. The van der Waals surface area contributed by atoms with Crippen LogP contribution in [0.4, 0.5) is 5.69 Å². The second-order valence-corrected chi connectivity index (χ2v) is 5.97. The van der Waals surface area contributed by atoms with E-state index < -0.39 is 0 Å². The van der Waals surface area contributed by atoms with Crippen molar-refractivity contribution in [3.05, 3.63) is 57.9 Å². The van der Waals surface area contributed by atoms with Crippen molar-refractivity contribution < 1.29 is 0 Å². The molecule has 2 rings (SSSR count). The maximum atomic E-state index is 5.92. The Labute approximate surface area is 135 Å². The summed E-state index contributed by atoms with van der Waals surface area (Å²) in [6.45, 7) is 4.65. The summed E-state index contributed by atoms with van der Waals surface area (Å²) < 4.78 is 0. The fraction of sp³-hybridized carbons (Fsp3) is 0.250. The Bertz CT molecular complexity index is 668. The molecule has 2 N–H and O–H groups in total. The molecule has 2 aromatic rings. The first kappa shape index (κ1) is 15.7. The highest BCUT2D eigenvalue weighted by molar-refractivity contribution is 7.80. The van der Waals surface area contributed by atoms with Gasteiger partial charge < -0.3 is 10.6 Å². The third kappa shape index (κ3) is 3.71. The van der Waals surface area contributed by atoms with E-state index in [1.54, 1.807) is 0 Å². The van der Waals surface area contributed by atoms with Crippen molar-refractivity contribution in [1.29, 1.82) is 0 Å². The molecule has 0 fully saturated rings. The summed E-state index contributed by atoms with van der Waals surface area (Å²) in [5.74, 6) is 0. The Morgan fingerprint density at radius 3 is 2.48 bits per heavy atom. The summed E-state index contributed by atoms with van der Waals surface area (Å²) >= 11 is 11.1. The summed E-state index contributed by atoms with van der Waals surface area (Å²) in [6, 6.07) is 9.82. The normalized spacial score (nSPS) is 10.5. The predicted octanol–water partition coefficient (Wildman–Crippen LogP) is 3.62.